The molecular weight excluding hydrogens is 530 g/mol. The van der Waals surface area contributed by atoms with Crippen molar-refractivity contribution < 1.29 is 33.6 Å². The lowest BCUT2D eigenvalue weighted by Crippen LogP contribution is -2.31. The van der Waals surface area contributed by atoms with Crippen LogP contribution in [0.2, 0.25) is 0 Å². The number of Topliss-reactive ketones (excluding diaryl/α,β-unsaturated/α-hetero) is 1. The minimum Gasteiger partial charge on any atom is -0.507 e. The number of carbonyl (C=O) groups excluding carboxylic acids is 2. The molecule has 3 rings (SSSR count). The molecule has 0 bridgehead atoms. The van der Waals surface area contributed by atoms with E-state index in [1.807, 2.05) is 20.8 Å². The minimum atomic E-state index is -0.860. The van der Waals surface area contributed by atoms with Gasteiger partial charge in [-0.25, -0.2) is 0 Å². The third-order valence-corrected chi connectivity index (χ3v) is 6.86. The normalized spacial score (nSPS) is 17.1. The van der Waals surface area contributed by atoms with Crippen LogP contribution in [0.3, 0.4) is 0 Å². The maximum atomic E-state index is 13.3. The Morgan fingerprint density at radius 1 is 1.06 bits per heavy atom. The van der Waals surface area contributed by atoms with Crippen molar-refractivity contribution in [1.29, 1.82) is 0 Å². The molecule has 194 valence electrons. The van der Waals surface area contributed by atoms with E-state index in [-0.39, 0.29) is 24.0 Å². The van der Waals surface area contributed by atoms with Gasteiger partial charge in [-0.05, 0) is 62.6 Å². The van der Waals surface area contributed by atoms with Gasteiger partial charge in [0.1, 0.15) is 5.76 Å². The van der Waals surface area contributed by atoms with Crippen molar-refractivity contribution in [3.05, 3.63) is 57.1 Å². The van der Waals surface area contributed by atoms with Crippen LogP contribution in [-0.2, 0) is 14.3 Å². The second-order valence-corrected chi connectivity index (χ2v) is 9.54. The number of hydrogen-bond donors (Lipinski definition) is 1. The fraction of sp³-hybridized carbons (Fsp3) is 0.407. The highest BCUT2D eigenvalue weighted by atomic mass is 79.9. The predicted molar refractivity (Wildman–Crippen MR) is 140 cm³/mol. The zero-order valence-electron chi connectivity index (χ0n) is 21.4. The standard InChI is InChI=1S/C27H32BrNO7/c1-15(2)36-11-7-10-29-23(18-13-20(33-4)26(35-6)21(14-18)34-5)22(25(31)27(29)32)24(30)17-8-9-19(28)16(3)12-17/h8-9,12-15,23,30H,7,10-11H2,1-6H3/b24-22+. The molecule has 0 saturated carbocycles. The first-order valence-electron chi connectivity index (χ1n) is 11.6. The lowest BCUT2D eigenvalue weighted by atomic mass is 9.94. The number of carbonyl (C=O) groups is 2. The highest BCUT2D eigenvalue weighted by molar-refractivity contribution is 9.10. The summed E-state index contributed by atoms with van der Waals surface area (Å²) >= 11 is 3.45. The summed E-state index contributed by atoms with van der Waals surface area (Å²) in [4.78, 5) is 28.0. The van der Waals surface area contributed by atoms with Crippen LogP contribution in [0.4, 0.5) is 0 Å². The molecule has 1 amide bonds. The Bertz CT molecular complexity index is 1150. The van der Waals surface area contributed by atoms with Crippen LogP contribution in [0, 0.1) is 6.92 Å². The molecule has 0 aliphatic carbocycles. The third-order valence-electron chi connectivity index (χ3n) is 5.97. The van der Waals surface area contributed by atoms with Crippen molar-refractivity contribution in [1.82, 2.24) is 4.90 Å². The molecule has 0 spiro atoms. The van der Waals surface area contributed by atoms with Crippen molar-refractivity contribution >= 4 is 33.4 Å². The van der Waals surface area contributed by atoms with Crippen molar-refractivity contribution in [3.8, 4) is 17.2 Å². The number of aryl methyl sites for hydroxylation is 1. The number of methoxy groups -OCH3 is 3. The summed E-state index contributed by atoms with van der Waals surface area (Å²) in [5, 5.41) is 11.3. The molecule has 9 heteroatoms. The van der Waals surface area contributed by atoms with Crippen molar-refractivity contribution in [2.75, 3.05) is 34.5 Å². The number of benzene rings is 2. The van der Waals surface area contributed by atoms with Crippen LogP contribution in [0.25, 0.3) is 5.76 Å². The molecule has 1 N–H and O–H groups in total. The molecule has 2 aromatic rings. The topological polar surface area (TPSA) is 94.5 Å². The van der Waals surface area contributed by atoms with Crippen molar-refractivity contribution in [3.63, 3.8) is 0 Å². The molecule has 2 aromatic carbocycles. The van der Waals surface area contributed by atoms with Crippen molar-refractivity contribution in [2.45, 2.75) is 39.3 Å². The lowest BCUT2D eigenvalue weighted by Gasteiger charge is -2.26. The van der Waals surface area contributed by atoms with Crippen LogP contribution in [0.15, 0.2) is 40.4 Å². The molecule has 0 aromatic heterocycles. The Hall–Kier alpha value is -3.04. The SMILES string of the molecule is COc1cc(C2/C(=C(\O)c3ccc(Br)c(C)c3)C(=O)C(=O)N2CCCOC(C)C)cc(OC)c1OC. The summed E-state index contributed by atoms with van der Waals surface area (Å²) in [5.74, 6) is -0.552. The molecule has 1 saturated heterocycles. The van der Waals surface area contributed by atoms with E-state index >= 15 is 0 Å². The summed E-state index contributed by atoms with van der Waals surface area (Å²) in [6.45, 7) is 6.43. The maximum absolute atomic E-state index is 13.3. The number of nitrogens with zero attached hydrogens (tertiary/aromatic N) is 1. The average Bonchev–Trinajstić information content (AvgIpc) is 3.11. The fourth-order valence-corrected chi connectivity index (χ4v) is 4.46. The molecule has 1 aliphatic rings. The second kappa shape index (κ2) is 11.8. The van der Waals surface area contributed by atoms with Crippen LogP contribution < -0.4 is 14.2 Å². The van der Waals surface area contributed by atoms with Crippen molar-refractivity contribution in [2.24, 2.45) is 0 Å². The number of hydrogen-bond acceptors (Lipinski definition) is 7. The Morgan fingerprint density at radius 2 is 1.69 bits per heavy atom. The van der Waals surface area contributed by atoms with E-state index in [4.69, 9.17) is 18.9 Å². The molecule has 36 heavy (non-hydrogen) atoms. The van der Waals surface area contributed by atoms with E-state index in [2.05, 4.69) is 15.9 Å². The number of amides is 1. The highest BCUT2D eigenvalue weighted by Crippen LogP contribution is 2.45. The summed E-state index contributed by atoms with van der Waals surface area (Å²) < 4.78 is 22.9. The summed E-state index contributed by atoms with van der Waals surface area (Å²) in [6.07, 6.45) is 0.566. The minimum absolute atomic E-state index is 0.000716. The second-order valence-electron chi connectivity index (χ2n) is 8.69. The molecule has 1 atom stereocenters. The third kappa shape index (κ3) is 5.52. The van der Waals surface area contributed by atoms with Gasteiger partial charge in [-0.3, -0.25) is 9.59 Å². The first-order valence-corrected chi connectivity index (χ1v) is 12.4. The smallest absolute Gasteiger partial charge is 0.295 e. The van der Waals surface area contributed by atoms with Gasteiger partial charge in [0.25, 0.3) is 11.7 Å². The van der Waals surface area contributed by atoms with Gasteiger partial charge in [-0.1, -0.05) is 22.0 Å². The van der Waals surface area contributed by atoms with Gasteiger partial charge in [0, 0.05) is 23.2 Å². The van der Waals surface area contributed by atoms with Gasteiger partial charge in [0.05, 0.1) is 39.0 Å². The molecule has 1 fully saturated rings. The Labute approximate surface area is 219 Å². The zero-order chi connectivity index (χ0) is 26.6. The van der Waals surface area contributed by atoms with E-state index in [1.165, 1.54) is 26.2 Å². The predicted octanol–water partition coefficient (Wildman–Crippen LogP) is 5.02. The van der Waals surface area contributed by atoms with Gasteiger partial charge in [0.15, 0.2) is 11.5 Å². The van der Waals surface area contributed by atoms with Gasteiger partial charge >= 0.3 is 0 Å². The van der Waals surface area contributed by atoms with Gasteiger partial charge < -0.3 is 29.0 Å². The van der Waals surface area contributed by atoms with Gasteiger partial charge in [-0.15, -0.1) is 0 Å². The quantitative estimate of drug-likeness (QED) is 0.188. The molecule has 8 nitrogen and oxygen atoms in total. The monoisotopic (exact) mass is 561 g/mol. The molecular formula is C27H32BrNO7. The number of likely N-dealkylation sites (tertiary alicyclic amines) is 1. The Kier molecular flexibility index (Phi) is 9.03. The van der Waals surface area contributed by atoms with Crippen LogP contribution in [0.1, 0.15) is 43.0 Å². The van der Waals surface area contributed by atoms with E-state index in [9.17, 15) is 14.7 Å². The molecule has 1 heterocycles. The van der Waals surface area contributed by atoms with Gasteiger partial charge in [-0.2, -0.15) is 0 Å². The first kappa shape index (κ1) is 27.5. The number of ether oxygens (including phenoxy) is 4. The van der Waals surface area contributed by atoms with E-state index < -0.39 is 17.7 Å². The van der Waals surface area contributed by atoms with E-state index in [0.29, 0.717) is 41.4 Å². The molecule has 0 radical (unpaired) electrons. The number of halogens is 1. The Morgan fingerprint density at radius 3 is 2.22 bits per heavy atom. The van der Waals surface area contributed by atoms with E-state index in [1.54, 1.807) is 30.3 Å². The lowest BCUT2D eigenvalue weighted by molar-refractivity contribution is -0.140. The summed E-state index contributed by atoms with van der Waals surface area (Å²) in [5.41, 5.74) is 1.86. The fourth-order valence-electron chi connectivity index (χ4n) is 4.22. The summed E-state index contributed by atoms with van der Waals surface area (Å²) in [7, 11) is 4.48. The molecule has 1 aliphatic heterocycles. The zero-order valence-corrected chi connectivity index (χ0v) is 23.0. The number of rotatable bonds is 10. The van der Waals surface area contributed by atoms with Gasteiger partial charge in [0.2, 0.25) is 5.75 Å². The highest BCUT2D eigenvalue weighted by Gasteiger charge is 2.46. The number of aliphatic hydroxyl groups excluding tert-OH is 1. The largest absolute Gasteiger partial charge is 0.507 e. The van der Waals surface area contributed by atoms with Crippen LogP contribution in [0.5, 0.6) is 17.2 Å². The number of aliphatic hydroxyl groups is 1. The van der Waals surface area contributed by atoms with Crippen LogP contribution in [-0.4, -0.2) is 62.3 Å². The first-order chi connectivity index (χ1) is 17.1. The summed E-state index contributed by atoms with van der Waals surface area (Å²) in [6, 6.07) is 7.77. The Balaban J connectivity index is 2.18. The number of ketones is 1. The molecule has 1 unspecified atom stereocenters. The maximum Gasteiger partial charge on any atom is 0.295 e. The van der Waals surface area contributed by atoms with E-state index in [0.717, 1.165) is 10.0 Å². The average molecular weight is 562 g/mol. The van der Waals surface area contributed by atoms with Crippen LogP contribution >= 0.6 is 15.9 Å².